The molecule has 3 aromatic rings. The molecular formula is C22H28F2N8. The van der Waals surface area contributed by atoms with Crippen molar-refractivity contribution in [2.24, 2.45) is 0 Å². The highest BCUT2D eigenvalue weighted by Crippen LogP contribution is 2.32. The van der Waals surface area contributed by atoms with Crippen LogP contribution in [0.2, 0.25) is 0 Å². The molecule has 0 aliphatic carbocycles. The van der Waals surface area contributed by atoms with Gasteiger partial charge in [-0.3, -0.25) is 0 Å². The fourth-order valence-electron chi connectivity index (χ4n) is 3.87. The lowest BCUT2D eigenvalue weighted by Gasteiger charge is -2.24. The number of halogens is 2. The van der Waals surface area contributed by atoms with Crippen LogP contribution in [0.25, 0.3) is 0 Å². The summed E-state index contributed by atoms with van der Waals surface area (Å²) in [5.74, 6) is -2.14. The first-order chi connectivity index (χ1) is 15.5. The third kappa shape index (κ3) is 4.68. The lowest BCUT2D eigenvalue weighted by molar-refractivity contribution is -0.0232. The number of nitrogens with one attached hydrogen (secondary N) is 1. The standard InChI is InChI=1S/C22H28F2N8/c1-3-5-8-19-25-21(22(23,24)13-4-2)28-32(19)15-16-9-11-17(12-10-16)31-14-6-7-18(31)20-26-29-30-27-20/h6-7,9-12,18H,3-5,8,13-15H2,1-2H3,(H,26,27,29,30). The van der Waals surface area contributed by atoms with Crippen LogP contribution in [0.5, 0.6) is 0 Å². The van der Waals surface area contributed by atoms with Crippen molar-refractivity contribution in [3.8, 4) is 0 Å². The number of benzene rings is 1. The second-order valence-electron chi connectivity index (χ2n) is 8.03. The maximum atomic E-state index is 14.4. The van der Waals surface area contributed by atoms with Crippen LogP contribution in [0.3, 0.4) is 0 Å². The second kappa shape index (κ2) is 9.54. The normalized spacial score (nSPS) is 16.2. The van der Waals surface area contributed by atoms with Crippen molar-refractivity contribution in [2.75, 3.05) is 11.4 Å². The van der Waals surface area contributed by atoms with E-state index in [9.17, 15) is 8.78 Å². The van der Waals surface area contributed by atoms with Crippen LogP contribution in [0.1, 0.15) is 68.6 Å². The number of aromatic amines is 1. The molecule has 0 amide bonds. The Hall–Kier alpha value is -3.17. The molecule has 10 heteroatoms. The Labute approximate surface area is 185 Å². The molecule has 4 rings (SSSR count). The molecule has 8 nitrogen and oxygen atoms in total. The predicted molar refractivity (Wildman–Crippen MR) is 116 cm³/mol. The first-order valence-electron chi connectivity index (χ1n) is 11.1. The van der Waals surface area contributed by atoms with Crippen molar-refractivity contribution in [2.45, 2.75) is 64.5 Å². The molecule has 1 atom stereocenters. The molecular weight excluding hydrogens is 414 g/mol. The zero-order valence-corrected chi connectivity index (χ0v) is 18.4. The zero-order valence-electron chi connectivity index (χ0n) is 18.4. The summed E-state index contributed by atoms with van der Waals surface area (Å²) in [6, 6.07) is 7.96. The minimum atomic E-state index is -3.00. The van der Waals surface area contributed by atoms with Gasteiger partial charge in [0.2, 0.25) is 11.6 Å². The molecule has 1 aliphatic heterocycles. The van der Waals surface area contributed by atoms with Gasteiger partial charge in [-0.1, -0.05) is 49.8 Å². The van der Waals surface area contributed by atoms with Crippen molar-refractivity contribution >= 4 is 5.69 Å². The average Bonchev–Trinajstić information content (AvgIpc) is 3.53. The molecule has 0 spiro atoms. The van der Waals surface area contributed by atoms with Gasteiger partial charge in [-0.15, -0.1) is 15.3 Å². The molecule has 0 radical (unpaired) electrons. The Bertz CT molecular complexity index is 1030. The molecule has 32 heavy (non-hydrogen) atoms. The summed E-state index contributed by atoms with van der Waals surface area (Å²) in [5, 5.41) is 18.5. The average molecular weight is 443 g/mol. The first kappa shape index (κ1) is 22.0. The number of tetrazole rings is 1. The van der Waals surface area contributed by atoms with Gasteiger partial charge in [0.1, 0.15) is 11.9 Å². The number of alkyl halides is 2. The summed E-state index contributed by atoms with van der Waals surface area (Å²) < 4.78 is 30.5. The largest absolute Gasteiger partial charge is 0.354 e. The lowest BCUT2D eigenvalue weighted by Crippen LogP contribution is -2.24. The molecule has 0 saturated heterocycles. The number of aromatic nitrogens is 7. The van der Waals surface area contributed by atoms with E-state index in [-0.39, 0.29) is 18.3 Å². The topological polar surface area (TPSA) is 88.4 Å². The van der Waals surface area contributed by atoms with E-state index in [4.69, 9.17) is 0 Å². The highest BCUT2D eigenvalue weighted by molar-refractivity contribution is 5.52. The SMILES string of the molecule is CCCCc1nc(C(F)(F)CCC)nn1Cc1ccc(N2CC=CC2c2nn[nH]n2)cc1. The van der Waals surface area contributed by atoms with Gasteiger partial charge in [0.25, 0.3) is 0 Å². The van der Waals surface area contributed by atoms with Crippen molar-refractivity contribution in [3.63, 3.8) is 0 Å². The van der Waals surface area contributed by atoms with Crippen LogP contribution in [0.15, 0.2) is 36.4 Å². The van der Waals surface area contributed by atoms with Gasteiger partial charge in [0.15, 0.2) is 0 Å². The third-order valence-corrected chi connectivity index (χ3v) is 5.58. The van der Waals surface area contributed by atoms with Crippen molar-refractivity contribution in [1.29, 1.82) is 0 Å². The number of aryl methyl sites for hydroxylation is 1. The van der Waals surface area contributed by atoms with Crippen LogP contribution in [-0.4, -0.2) is 41.9 Å². The number of anilines is 1. The number of H-pyrrole nitrogens is 1. The van der Waals surface area contributed by atoms with Crippen LogP contribution >= 0.6 is 0 Å². The zero-order chi connectivity index (χ0) is 22.6. The molecule has 0 bridgehead atoms. The minimum Gasteiger partial charge on any atom is -0.354 e. The molecule has 2 aromatic heterocycles. The fraction of sp³-hybridized carbons (Fsp3) is 0.500. The highest BCUT2D eigenvalue weighted by atomic mass is 19.3. The van der Waals surface area contributed by atoms with Gasteiger partial charge in [0, 0.05) is 25.1 Å². The van der Waals surface area contributed by atoms with E-state index in [1.807, 2.05) is 30.3 Å². The molecule has 1 aromatic carbocycles. The lowest BCUT2D eigenvalue weighted by atomic mass is 10.1. The Morgan fingerprint density at radius 2 is 1.97 bits per heavy atom. The summed E-state index contributed by atoms with van der Waals surface area (Å²) in [6.45, 7) is 4.96. The number of hydrogen-bond acceptors (Lipinski definition) is 6. The van der Waals surface area contributed by atoms with Crippen molar-refractivity contribution in [3.05, 3.63) is 59.5 Å². The van der Waals surface area contributed by atoms with Crippen molar-refractivity contribution < 1.29 is 8.78 Å². The van der Waals surface area contributed by atoms with Gasteiger partial charge in [-0.2, -0.15) is 14.0 Å². The van der Waals surface area contributed by atoms with Crippen LogP contribution in [0, 0.1) is 0 Å². The maximum Gasteiger partial charge on any atom is 0.308 e. The van der Waals surface area contributed by atoms with E-state index in [1.54, 1.807) is 11.6 Å². The maximum absolute atomic E-state index is 14.4. The van der Waals surface area contributed by atoms with E-state index < -0.39 is 5.92 Å². The first-order valence-corrected chi connectivity index (χ1v) is 11.1. The Morgan fingerprint density at radius 3 is 2.66 bits per heavy atom. The summed E-state index contributed by atoms with van der Waals surface area (Å²) >= 11 is 0. The molecule has 1 unspecified atom stereocenters. The van der Waals surface area contributed by atoms with E-state index in [0.717, 1.165) is 30.6 Å². The monoisotopic (exact) mass is 442 g/mol. The van der Waals surface area contributed by atoms with E-state index in [2.05, 4.69) is 48.6 Å². The van der Waals surface area contributed by atoms with Crippen LogP contribution in [0.4, 0.5) is 14.5 Å². The smallest absolute Gasteiger partial charge is 0.308 e. The third-order valence-electron chi connectivity index (χ3n) is 5.58. The van der Waals surface area contributed by atoms with E-state index in [1.165, 1.54) is 0 Å². The molecule has 0 fully saturated rings. The number of hydrogen-bond donors (Lipinski definition) is 1. The van der Waals surface area contributed by atoms with Crippen LogP contribution in [-0.2, 0) is 18.9 Å². The molecule has 170 valence electrons. The predicted octanol–water partition coefficient (Wildman–Crippen LogP) is 4.19. The Morgan fingerprint density at radius 1 is 1.16 bits per heavy atom. The summed E-state index contributed by atoms with van der Waals surface area (Å²) in [4.78, 5) is 6.38. The Kier molecular flexibility index (Phi) is 6.57. The quantitative estimate of drug-likeness (QED) is 0.474. The molecule has 1 N–H and O–H groups in total. The molecule has 0 saturated carbocycles. The highest BCUT2D eigenvalue weighted by Gasteiger charge is 2.36. The van der Waals surface area contributed by atoms with Gasteiger partial charge in [-0.25, -0.2) is 9.67 Å². The van der Waals surface area contributed by atoms with Gasteiger partial charge < -0.3 is 4.90 Å². The summed E-state index contributed by atoms with van der Waals surface area (Å²) in [6.07, 6.45) is 6.74. The minimum absolute atomic E-state index is 0.0704. The Balaban J connectivity index is 1.52. The second-order valence-corrected chi connectivity index (χ2v) is 8.03. The summed E-state index contributed by atoms with van der Waals surface area (Å²) in [5.41, 5.74) is 2.00. The van der Waals surface area contributed by atoms with Gasteiger partial charge in [-0.05, 0) is 30.5 Å². The van der Waals surface area contributed by atoms with Gasteiger partial charge in [0.05, 0.1) is 6.54 Å². The van der Waals surface area contributed by atoms with Gasteiger partial charge >= 0.3 is 5.92 Å². The molecule has 1 aliphatic rings. The number of unbranched alkanes of at least 4 members (excludes halogenated alkanes) is 1. The van der Waals surface area contributed by atoms with E-state index in [0.29, 0.717) is 31.0 Å². The van der Waals surface area contributed by atoms with Crippen LogP contribution < -0.4 is 4.90 Å². The molecule has 3 heterocycles. The summed E-state index contributed by atoms with van der Waals surface area (Å²) in [7, 11) is 0. The number of nitrogens with zero attached hydrogens (tertiary/aromatic N) is 7. The van der Waals surface area contributed by atoms with Crippen molar-refractivity contribution in [1.82, 2.24) is 35.4 Å². The number of rotatable bonds is 10. The van der Waals surface area contributed by atoms with E-state index >= 15 is 0 Å². The fourth-order valence-corrected chi connectivity index (χ4v) is 3.87.